The summed E-state index contributed by atoms with van der Waals surface area (Å²) in [6.45, 7) is 0.785. The molecule has 106 valence electrons. The van der Waals surface area contributed by atoms with Gasteiger partial charge >= 0.3 is 0 Å². The molecule has 2 heteroatoms. The van der Waals surface area contributed by atoms with E-state index >= 15 is 0 Å². The number of pyridine rings is 1. The first-order chi connectivity index (χ1) is 10.9. The molecule has 1 heterocycles. The molecule has 4 rings (SSSR count). The van der Waals surface area contributed by atoms with Gasteiger partial charge in [-0.3, -0.25) is 4.98 Å². The van der Waals surface area contributed by atoms with E-state index in [4.69, 9.17) is 0 Å². The van der Waals surface area contributed by atoms with Gasteiger partial charge in [-0.25, -0.2) is 0 Å². The molecular formula is C20H16N2. The van der Waals surface area contributed by atoms with E-state index in [1.54, 1.807) is 6.20 Å². The van der Waals surface area contributed by atoms with Crippen LogP contribution in [-0.2, 0) is 6.54 Å². The second kappa shape index (κ2) is 5.49. The van der Waals surface area contributed by atoms with Crippen molar-refractivity contribution in [1.29, 1.82) is 0 Å². The third-order valence-corrected chi connectivity index (χ3v) is 4.01. The average Bonchev–Trinajstić information content (AvgIpc) is 2.59. The molecule has 1 N–H and O–H groups in total. The zero-order valence-electron chi connectivity index (χ0n) is 12.2. The van der Waals surface area contributed by atoms with E-state index in [9.17, 15) is 0 Å². The summed E-state index contributed by atoms with van der Waals surface area (Å²) in [5.41, 5.74) is 2.37. The number of hydrogen-bond acceptors (Lipinski definition) is 2. The molecule has 4 aromatic rings. The Labute approximate surface area is 129 Å². The maximum atomic E-state index is 4.16. The van der Waals surface area contributed by atoms with Crippen LogP contribution in [0.2, 0.25) is 0 Å². The van der Waals surface area contributed by atoms with Crippen LogP contribution in [0.1, 0.15) is 5.56 Å². The Kier molecular flexibility index (Phi) is 3.20. The predicted molar refractivity (Wildman–Crippen MR) is 93.0 cm³/mol. The molecule has 0 aliphatic rings. The molecule has 0 aliphatic heterocycles. The summed E-state index contributed by atoms with van der Waals surface area (Å²) in [7, 11) is 0. The van der Waals surface area contributed by atoms with E-state index in [1.165, 1.54) is 27.1 Å². The fourth-order valence-electron chi connectivity index (χ4n) is 2.96. The van der Waals surface area contributed by atoms with Gasteiger partial charge in [0.25, 0.3) is 0 Å². The van der Waals surface area contributed by atoms with Gasteiger partial charge in [0.1, 0.15) is 0 Å². The number of fused-ring (bicyclic) bond motifs is 2. The lowest BCUT2D eigenvalue weighted by Gasteiger charge is -2.13. The first kappa shape index (κ1) is 12.8. The van der Waals surface area contributed by atoms with E-state index in [2.05, 4.69) is 64.9 Å². The highest BCUT2D eigenvalue weighted by Crippen LogP contribution is 2.29. The van der Waals surface area contributed by atoms with Crippen molar-refractivity contribution in [2.75, 3.05) is 5.32 Å². The van der Waals surface area contributed by atoms with Crippen LogP contribution in [0.15, 0.2) is 79.1 Å². The summed E-state index contributed by atoms with van der Waals surface area (Å²) >= 11 is 0. The van der Waals surface area contributed by atoms with Crippen LogP contribution < -0.4 is 5.32 Å². The minimum atomic E-state index is 0.785. The lowest BCUT2D eigenvalue weighted by molar-refractivity contribution is 1.17. The highest BCUT2D eigenvalue weighted by Gasteiger charge is 2.07. The molecule has 0 aliphatic carbocycles. The van der Waals surface area contributed by atoms with Crippen molar-refractivity contribution in [3.63, 3.8) is 0 Å². The number of nitrogens with zero attached hydrogens (tertiary/aromatic N) is 1. The molecule has 0 fully saturated rings. The second-order valence-electron chi connectivity index (χ2n) is 5.39. The Morgan fingerprint density at radius 1 is 0.773 bits per heavy atom. The first-order valence-electron chi connectivity index (χ1n) is 7.45. The van der Waals surface area contributed by atoms with E-state index in [0.717, 1.165) is 12.2 Å². The smallest absolute Gasteiger partial charge is 0.0529 e. The molecular weight excluding hydrogens is 268 g/mol. The van der Waals surface area contributed by atoms with Gasteiger partial charge in [0.05, 0.1) is 5.69 Å². The minimum absolute atomic E-state index is 0.785. The Hall–Kier alpha value is -2.87. The summed E-state index contributed by atoms with van der Waals surface area (Å²) in [5, 5.41) is 8.65. The van der Waals surface area contributed by atoms with Gasteiger partial charge in [-0.15, -0.1) is 0 Å². The van der Waals surface area contributed by atoms with Crippen LogP contribution in [-0.4, -0.2) is 4.98 Å². The molecule has 0 unspecified atom stereocenters. The fourth-order valence-corrected chi connectivity index (χ4v) is 2.96. The number of nitrogens with one attached hydrogen (secondary N) is 1. The van der Waals surface area contributed by atoms with Gasteiger partial charge in [-0.1, -0.05) is 48.5 Å². The van der Waals surface area contributed by atoms with E-state index < -0.39 is 0 Å². The third kappa shape index (κ3) is 2.29. The van der Waals surface area contributed by atoms with Crippen LogP contribution in [0.5, 0.6) is 0 Å². The molecule has 0 atom stereocenters. The Morgan fingerprint density at radius 3 is 2.09 bits per heavy atom. The Balaban J connectivity index is 1.85. The first-order valence-corrected chi connectivity index (χ1v) is 7.45. The second-order valence-corrected chi connectivity index (χ2v) is 5.39. The Morgan fingerprint density at radius 2 is 1.45 bits per heavy atom. The third-order valence-electron chi connectivity index (χ3n) is 4.01. The number of rotatable bonds is 3. The van der Waals surface area contributed by atoms with Crippen molar-refractivity contribution in [3.8, 4) is 0 Å². The molecule has 0 saturated heterocycles. The summed E-state index contributed by atoms with van der Waals surface area (Å²) in [6, 6.07) is 23.4. The highest BCUT2D eigenvalue weighted by atomic mass is 14.9. The molecule has 0 spiro atoms. The average molecular weight is 284 g/mol. The van der Waals surface area contributed by atoms with Crippen LogP contribution in [0, 0.1) is 0 Å². The normalized spacial score (nSPS) is 10.9. The minimum Gasteiger partial charge on any atom is -0.380 e. The summed E-state index contributed by atoms with van der Waals surface area (Å²) in [4.78, 5) is 4.16. The van der Waals surface area contributed by atoms with Crippen molar-refractivity contribution in [3.05, 3.63) is 84.7 Å². The number of aromatic nitrogens is 1. The lowest BCUT2D eigenvalue weighted by atomic mass is 9.97. The summed E-state index contributed by atoms with van der Waals surface area (Å²) in [5.74, 6) is 0. The number of anilines is 1. The van der Waals surface area contributed by atoms with Crippen LogP contribution in [0.4, 0.5) is 5.69 Å². The van der Waals surface area contributed by atoms with E-state index in [1.807, 2.05) is 18.3 Å². The van der Waals surface area contributed by atoms with Gasteiger partial charge in [0, 0.05) is 18.9 Å². The van der Waals surface area contributed by atoms with Gasteiger partial charge in [0.15, 0.2) is 0 Å². The fraction of sp³-hybridized carbons (Fsp3) is 0.0500. The zero-order valence-corrected chi connectivity index (χ0v) is 12.2. The molecule has 22 heavy (non-hydrogen) atoms. The zero-order chi connectivity index (χ0) is 14.8. The predicted octanol–water partition coefficient (Wildman–Crippen LogP) is 5.00. The standard InChI is InChI=1S/C20H16N2/c1-3-9-18-15(6-1)12-16-7-2-4-10-19(16)20(18)14-22-17-8-5-11-21-13-17/h1-13,22H,14H2. The maximum Gasteiger partial charge on any atom is 0.0529 e. The van der Waals surface area contributed by atoms with Gasteiger partial charge < -0.3 is 5.32 Å². The molecule has 0 radical (unpaired) electrons. The van der Waals surface area contributed by atoms with Crippen LogP contribution in [0.3, 0.4) is 0 Å². The summed E-state index contributed by atoms with van der Waals surface area (Å²) < 4.78 is 0. The van der Waals surface area contributed by atoms with E-state index in [-0.39, 0.29) is 0 Å². The van der Waals surface area contributed by atoms with Crippen LogP contribution in [0.25, 0.3) is 21.5 Å². The number of benzene rings is 3. The SMILES string of the molecule is c1cncc(NCc2c3ccccc3cc3ccccc23)c1. The van der Waals surface area contributed by atoms with Gasteiger partial charge in [0.2, 0.25) is 0 Å². The van der Waals surface area contributed by atoms with Gasteiger partial charge in [-0.05, 0) is 45.3 Å². The molecule has 0 amide bonds. The summed E-state index contributed by atoms with van der Waals surface area (Å²) in [6.07, 6.45) is 3.64. The van der Waals surface area contributed by atoms with Crippen molar-refractivity contribution in [2.24, 2.45) is 0 Å². The largest absolute Gasteiger partial charge is 0.380 e. The molecule has 2 nitrogen and oxygen atoms in total. The quantitative estimate of drug-likeness (QED) is 0.535. The molecule has 0 saturated carbocycles. The molecule has 0 bridgehead atoms. The van der Waals surface area contributed by atoms with Crippen molar-refractivity contribution < 1.29 is 0 Å². The Bertz CT molecular complexity index is 876. The topological polar surface area (TPSA) is 24.9 Å². The van der Waals surface area contributed by atoms with Gasteiger partial charge in [-0.2, -0.15) is 0 Å². The number of hydrogen-bond donors (Lipinski definition) is 1. The highest BCUT2D eigenvalue weighted by molar-refractivity contribution is 6.02. The van der Waals surface area contributed by atoms with Crippen molar-refractivity contribution >= 4 is 27.2 Å². The van der Waals surface area contributed by atoms with E-state index in [0.29, 0.717) is 0 Å². The van der Waals surface area contributed by atoms with Crippen LogP contribution >= 0.6 is 0 Å². The van der Waals surface area contributed by atoms with Crippen molar-refractivity contribution in [1.82, 2.24) is 4.98 Å². The maximum absolute atomic E-state index is 4.16. The monoisotopic (exact) mass is 284 g/mol. The van der Waals surface area contributed by atoms with Crippen molar-refractivity contribution in [2.45, 2.75) is 6.54 Å². The lowest BCUT2D eigenvalue weighted by Crippen LogP contribution is -2.01. The molecule has 1 aromatic heterocycles. The molecule has 3 aromatic carbocycles.